The van der Waals surface area contributed by atoms with Crippen molar-refractivity contribution < 1.29 is 4.74 Å². The summed E-state index contributed by atoms with van der Waals surface area (Å²) in [7, 11) is 1.70. The number of nitrogen functional groups attached to an aromatic ring is 1. The van der Waals surface area contributed by atoms with Gasteiger partial charge < -0.3 is 15.8 Å². The van der Waals surface area contributed by atoms with Crippen molar-refractivity contribution in [3.8, 4) is 0 Å². The van der Waals surface area contributed by atoms with Crippen molar-refractivity contribution in [3.05, 3.63) is 23.9 Å². The number of nitrogens with one attached hydrogen (secondary N) is 1. The minimum Gasteiger partial charge on any atom is -0.384 e. The smallest absolute Gasteiger partial charge is 0.123 e. The molecule has 0 spiro atoms. The number of nitrogens with zero attached hydrogens (tertiary/aromatic N) is 1. The molecule has 0 unspecified atom stereocenters. The van der Waals surface area contributed by atoms with Crippen LogP contribution in [0, 0.1) is 0 Å². The molecule has 0 aliphatic carbocycles. The van der Waals surface area contributed by atoms with E-state index in [0.29, 0.717) is 5.82 Å². The van der Waals surface area contributed by atoms with E-state index in [-0.39, 0.29) is 0 Å². The summed E-state index contributed by atoms with van der Waals surface area (Å²) in [5.74, 6) is 0.583. The Morgan fingerprint density at radius 3 is 3.07 bits per heavy atom. The van der Waals surface area contributed by atoms with E-state index in [4.69, 9.17) is 10.5 Å². The highest BCUT2D eigenvalue weighted by molar-refractivity contribution is 5.31. The van der Waals surface area contributed by atoms with E-state index in [1.165, 1.54) is 5.56 Å². The average molecular weight is 195 g/mol. The van der Waals surface area contributed by atoms with Crippen LogP contribution in [0.2, 0.25) is 0 Å². The van der Waals surface area contributed by atoms with Gasteiger partial charge in [0, 0.05) is 19.9 Å². The maximum atomic E-state index is 5.56. The zero-order valence-electron chi connectivity index (χ0n) is 8.49. The van der Waals surface area contributed by atoms with Gasteiger partial charge in [-0.15, -0.1) is 0 Å². The fourth-order valence-electron chi connectivity index (χ4n) is 1.18. The number of anilines is 1. The molecule has 0 amide bonds. The quantitative estimate of drug-likeness (QED) is 0.647. The molecular formula is C10H17N3O. The summed E-state index contributed by atoms with van der Waals surface area (Å²) in [5.41, 5.74) is 6.77. The minimum absolute atomic E-state index is 0.583. The van der Waals surface area contributed by atoms with Crippen LogP contribution < -0.4 is 11.1 Å². The number of methoxy groups -OCH3 is 1. The number of ether oxygens (including phenoxy) is 1. The average Bonchev–Trinajstić information content (AvgIpc) is 2.18. The van der Waals surface area contributed by atoms with Gasteiger partial charge in [0.05, 0.1) is 6.61 Å². The third-order valence-corrected chi connectivity index (χ3v) is 1.92. The summed E-state index contributed by atoms with van der Waals surface area (Å²) in [6, 6.07) is 3.88. The zero-order valence-corrected chi connectivity index (χ0v) is 8.49. The molecule has 1 aromatic heterocycles. The normalized spacial score (nSPS) is 10.4. The Morgan fingerprint density at radius 2 is 2.36 bits per heavy atom. The molecule has 78 valence electrons. The van der Waals surface area contributed by atoms with Crippen LogP contribution in [-0.4, -0.2) is 31.8 Å². The van der Waals surface area contributed by atoms with Crippen molar-refractivity contribution in [2.45, 2.75) is 6.42 Å². The fraction of sp³-hybridized carbons (Fsp3) is 0.500. The van der Waals surface area contributed by atoms with E-state index in [1.54, 1.807) is 13.3 Å². The van der Waals surface area contributed by atoms with Gasteiger partial charge in [0.1, 0.15) is 5.82 Å². The first kappa shape index (κ1) is 10.9. The topological polar surface area (TPSA) is 60.2 Å². The molecule has 14 heavy (non-hydrogen) atoms. The Bertz CT molecular complexity index is 265. The van der Waals surface area contributed by atoms with Crippen molar-refractivity contribution in [2.75, 3.05) is 32.5 Å². The van der Waals surface area contributed by atoms with Crippen LogP contribution in [0.1, 0.15) is 5.56 Å². The summed E-state index contributed by atoms with van der Waals surface area (Å²) >= 11 is 0. The third kappa shape index (κ3) is 4.20. The lowest BCUT2D eigenvalue weighted by Crippen LogP contribution is -2.21. The summed E-state index contributed by atoms with van der Waals surface area (Å²) < 4.78 is 4.92. The monoisotopic (exact) mass is 195 g/mol. The van der Waals surface area contributed by atoms with Gasteiger partial charge in [-0.2, -0.15) is 0 Å². The van der Waals surface area contributed by atoms with Crippen LogP contribution in [0.15, 0.2) is 18.3 Å². The van der Waals surface area contributed by atoms with Crippen LogP contribution in [0.5, 0.6) is 0 Å². The summed E-state index contributed by atoms with van der Waals surface area (Å²) in [6.45, 7) is 2.57. The zero-order chi connectivity index (χ0) is 10.2. The Morgan fingerprint density at radius 1 is 1.50 bits per heavy atom. The van der Waals surface area contributed by atoms with Crippen LogP contribution in [0.25, 0.3) is 0 Å². The molecular weight excluding hydrogens is 178 g/mol. The van der Waals surface area contributed by atoms with Gasteiger partial charge in [-0.3, -0.25) is 0 Å². The van der Waals surface area contributed by atoms with Gasteiger partial charge in [0.25, 0.3) is 0 Å². The van der Waals surface area contributed by atoms with Crippen LogP contribution >= 0.6 is 0 Å². The highest BCUT2D eigenvalue weighted by Gasteiger charge is 1.93. The largest absolute Gasteiger partial charge is 0.384 e. The molecule has 0 saturated heterocycles. The van der Waals surface area contributed by atoms with Crippen molar-refractivity contribution in [3.63, 3.8) is 0 Å². The summed E-state index contributed by atoms with van der Waals surface area (Å²) in [4.78, 5) is 3.93. The van der Waals surface area contributed by atoms with Crippen molar-refractivity contribution in [1.29, 1.82) is 0 Å². The fourth-order valence-corrected chi connectivity index (χ4v) is 1.18. The molecule has 1 aromatic rings. The first-order valence-corrected chi connectivity index (χ1v) is 4.73. The molecule has 0 atom stereocenters. The van der Waals surface area contributed by atoms with Gasteiger partial charge in [-0.25, -0.2) is 4.98 Å². The summed E-state index contributed by atoms with van der Waals surface area (Å²) in [6.07, 6.45) is 2.70. The number of nitrogens with two attached hydrogens (primary N) is 1. The third-order valence-electron chi connectivity index (χ3n) is 1.92. The molecule has 0 aliphatic rings. The van der Waals surface area contributed by atoms with Gasteiger partial charge in [-0.05, 0) is 30.7 Å². The molecule has 4 nitrogen and oxygen atoms in total. The lowest BCUT2D eigenvalue weighted by molar-refractivity contribution is 0.199. The molecule has 1 heterocycles. The van der Waals surface area contributed by atoms with E-state index in [9.17, 15) is 0 Å². The van der Waals surface area contributed by atoms with E-state index in [2.05, 4.69) is 10.3 Å². The Balaban J connectivity index is 2.18. The van der Waals surface area contributed by atoms with Gasteiger partial charge in [-0.1, -0.05) is 0 Å². The first-order valence-electron chi connectivity index (χ1n) is 4.73. The maximum Gasteiger partial charge on any atom is 0.123 e. The molecule has 0 aromatic carbocycles. The second kappa shape index (κ2) is 6.34. The second-order valence-electron chi connectivity index (χ2n) is 3.08. The minimum atomic E-state index is 0.583. The standard InChI is InChI=1S/C10H17N3O/c1-14-7-6-12-4-2-9-3-5-13-10(11)8-9/h3,5,8,12H,2,4,6-7H2,1H3,(H2,11,13). The molecule has 0 fully saturated rings. The molecule has 0 saturated carbocycles. The molecule has 3 N–H and O–H groups in total. The Hall–Kier alpha value is -1.13. The van der Waals surface area contributed by atoms with Gasteiger partial charge in [0.2, 0.25) is 0 Å². The van der Waals surface area contributed by atoms with Crippen LogP contribution in [-0.2, 0) is 11.2 Å². The first-order chi connectivity index (χ1) is 6.83. The second-order valence-corrected chi connectivity index (χ2v) is 3.08. The van der Waals surface area contributed by atoms with Crippen LogP contribution in [0.4, 0.5) is 5.82 Å². The molecule has 0 aliphatic heterocycles. The predicted octanol–water partition coefficient (Wildman–Crippen LogP) is 0.442. The summed E-state index contributed by atoms with van der Waals surface area (Å²) in [5, 5.41) is 3.27. The molecule has 0 radical (unpaired) electrons. The Labute approximate surface area is 84.5 Å². The molecule has 1 rings (SSSR count). The van der Waals surface area contributed by atoms with Crippen molar-refractivity contribution >= 4 is 5.82 Å². The van der Waals surface area contributed by atoms with E-state index in [0.717, 1.165) is 26.1 Å². The molecule has 0 bridgehead atoms. The van der Waals surface area contributed by atoms with E-state index >= 15 is 0 Å². The molecule has 4 heteroatoms. The highest BCUT2D eigenvalue weighted by atomic mass is 16.5. The SMILES string of the molecule is COCCNCCc1ccnc(N)c1. The van der Waals surface area contributed by atoms with E-state index in [1.807, 2.05) is 12.1 Å². The predicted molar refractivity (Wildman–Crippen MR) is 57.1 cm³/mol. The lowest BCUT2D eigenvalue weighted by Gasteiger charge is -2.04. The Kier molecular flexibility index (Phi) is 4.96. The number of hydrogen-bond donors (Lipinski definition) is 2. The lowest BCUT2D eigenvalue weighted by atomic mass is 10.2. The van der Waals surface area contributed by atoms with E-state index < -0.39 is 0 Å². The van der Waals surface area contributed by atoms with Crippen molar-refractivity contribution in [1.82, 2.24) is 10.3 Å². The van der Waals surface area contributed by atoms with Gasteiger partial charge >= 0.3 is 0 Å². The maximum absolute atomic E-state index is 5.56. The highest BCUT2D eigenvalue weighted by Crippen LogP contribution is 2.02. The number of pyridine rings is 1. The number of hydrogen-bond acceptors (Lipinski definition) is 4. The number of rotatable bonds is 6. The number of aromatic nitrogens is 1. The van der Waals surface area contributed by atoms with Crippen LogP contribution in [0.3, 0.4) is 0 Å². The van der Waals surface area contributed by atoms with Gasteiger partial charge in [0.15, 0.2) is 0 Å². The van der Waals surface area contributed by atoms with Crippen molar-refractivity contribution in [2.24, 2.45) is 0 Å².